The summed E-state index contributed by atoms with van der Waals surface area (Å²) < 4.78 is 0. The van der Waals surface area contributed by atoms with Crippen molar-refractivity contribution in [3.8, 4) is 0 Å². The van der Waals surface area contributed by atoms with Crippen molar-refractivity contribution < 1.29 is 4.79 Å². The number of nitrogens with one attached hydrogen (secondary N) is 1. The molecule has 1 N–H and O–H groups in total. The Morgan fingerprint density at radius 1 is 1.35 bits per heavy atom. The predicted octanol–water partition coefficient (Wildman–Crippen LogP) is 5.04. The molecule has 2 nitrogen and oxygen atoms in total. The number of hydrogen-bond acceptors (Lipinski definition) is 2. The molecule has 1 aromatic carbocycles. The molecule has 20 heavy (non-hydrogen) atoms. The van der Waals surface area contributed by atoms with E-state index < -0.39 is 0 Å². The first-order valence-corrected chi connectivity index (χ1v) is 8.75. The van der Waals surface area contributed by atoms with Crippen LogP contribution in [0.25, 0.3) is 0 Å². The zero-order chi connectivity index (χ0) is 14.4. The lowest BCUT2D eigenvalue weighted by molar-refractivity contribution is -0.115. The number of aryl methyl sites for hydroxylation is 1. The largest absolute Gasteiger partial charge is 0.326 e. The smallest absolute Gasteiger partial charge is 0.225 e. The van der Waals surface area contributed by atoms with Gasteiger partial charge in [-0.1, -0.05) is 36.9 Å². The minimum atomic E-state index is 0.0771. The molecule has 0 heterocycles. The van der Waals surface area contributed by atoms with E-state index in [-0.39, 0.29) is 5.91 Å². The molecule has 1 fully saturated rings. The number of carbonyl (C=O) groups excluding carboxylic acids is 1. The number of benzene rings is 1. The molecule has 2 rings (SSSR count). The number of hydrogen-bond donors (Lipinski definition) is 1. The lowest BCUT2D eigenvalue weighted by Crippen LogP contribution is -2.14. The molecular weight excluding hydrogens is 290 g/mol. The van der Waals surface area contributed by atoms with E-state index in [9.17, 15) is 4.79 Å². The second-order valence-electron chi connectivity index (χ2n) is 5.39. The lowest BCUT2D eigenvalue weighted by Gasteiger charge is -2.20. The van der Waals surface area contributed by atoms with Gasteiger partial charge in [-0.15, -0.1) is 0 Å². The number of anilines is 1. The second kappa shape index (κ2) is 7.94. The molecule has 110 valence electrons. The van der Waals surface area contributed by atoms with Gasteiger partial charge in [-0.2, -0.15) is 11.8 Å². The van der Waals surface area contributed by atoms with E-state index in [0.717, 1.165) is 22.3 Å². The zero-order valence-corrected chi connectivity index (χ0v) is 13.5. The van der Waals surface area contributed by atoms with Gasteiger partial charge >= 0.3 is 0 Å². The summed E-state index contributed by atoms with van der Waals surface area (Å²) in [5.41, 5.74) is 1.81. The van der Waals surface area contributed by atoms with Gasteiger partial charge in [0.2, 0.25) is 5.91 Å². The van der Waals surface area contributed by atoms with Gasteiger partial charge in [0, 0.05) is 28.1 Å². The SMILES string of the molecule is Cc1ccc(NC(=O)CCSC2CCCCC2)cc1Cl. The number of carbonyl (C=O) groups is 1. The molecule has 0 saturated heterocycles. The molecule has 1 aliphatic rings. The van der Waals surface area contributed by atoms with E-state index in [1.54, 1.807) is 0 Å². The summed E-state index contributed by atoms with van der Waals surface area (Å²) in [5, 5.41) is 4.37. The molecule has 1 aliphatic carbocycles. The van der Waals surface area contributed by atoms with Crippen molar-refractivity contribution in [1.82, 2.24) is 0 Å². The van der Waals surface area contributed by atoms with Crippen LogP contribution in [0.1, 0.15) is 44.1 Å². The van der Waals surface area contributed by atoms with Crippen LogP contribution in [0.3, 0.4) is 0 Å². The average molecular weight is 312 g/mol. The maximum atomic E-state index is 11.9. The van der Waals surface area contributed by atoms with Crippen molar-refractivity contribution >= 4 is 35.0 Å². The van der Waals surface area contributed by atoms with E-state index >= 15 is 0 Å². The normalized spacial score (nSPS) is 16.1. The van der Waals surface area contributed by atoms with Crippen LogP contribution < -0.4 is 5.32 Å². The van der Waals surface area contributed by atoms with Crippen molar-refractivity contribution in [2.24, 2.45) is 0 Å². The van der Waals surface area contributed by atoms with Crippen molar-refractivity contribution in [2.45, 2.75) is 50.7 Å². The average Bonchev–Trinajstić information content (AvgIpc) is 2.44. The van der Waals surface area contributed by atoms with Crippen LogP contribution in [0.2, 0.25) is 5.02 Å². The molecule has 1 aromatic rings. The van der Waals surface area contributed by atoms with Gasteiger partial charge in [0.05, 0.1) is 0 Å². The lowest BCUT2D eigenvalue weighted by atomic mass is 10.0. The number of halogens is 1. The Morgan fingerprint density at radius 2 is 2.10 bits per heavy atom. The first kappa shape index (κ1) is 15.7. The van der Waals surface area contributed by atoms with Crippen molar-refractivity contribution in [1.29, 1.82) is 0 Å². The van der Waals surface area contributed by atoms with Crippen LogP contribution in [-0.4, -0.2) is 16.9 Å². The molecule has 4 heteroatoms. The maximum Gasteiger partial charge on any atom is 0.225 e. The third kappa shape index (κ3) is 5.02. The highest BCUT2D eigenvalue weighted by Crippen LogP contribution is 2.28. The molecule has 0 spiro atoms. The highest BCUT2D eigenvalue weighted by Gasteiger charge is 2.14. The van der Waals surface area contributed by atoms with Crippen LogP contribution >= 0.6 is 23.4 Å². The Labute approximate surface area is 130 Å². The fourth-order valence-electron chi connectivity index (χ4n) is 2.44. The third-order valence-electron chi connectivity index (χ3n) is 3.69. The van der Waals surface area contributed by atoms with Gasteiger partial charge in [-0.25, -0.2) is 0 Å². The van der Waals surface area contributed by atoms with E-state index in [2.05, 4.69) is 5.32 Å². The molecule has 0 atom stereocenters. The molecule has 0 radical (unpaired) electrons. The fraction of sp³-hybridized carbons (Fsp3) is 0.562. The van der Waals surface area contributed by atoms with Crippen LogP contribution in [0.4, 0.5) is 5.69 Å². The summed E-state index contributed by atoms with van der Waals surface area (Å²) in [6, 6.07) is 5.63. The Bertz CT molecular complexity index is 458. The highest BCUT2D eigenvalue weighted by atomic mass is 35.5. The summed E-state index contributed by atoms with van der Waals surface area (Å²) in [4.78, 5) is 11.9. The van der Waals surface area contributed by atoms with Crippen LogP contribution in [0, 0.1) is 6.92 Å². The zero-order valence-electron chi connectivity index (χ0n) is 12.0. The van der Waals surface area contributed by atoms with Gasteiger partial charge in [-0.3, -0.25) is 4.79 Å². The van der Waals surface area contributed by atoms with Gasteiger partial charge in [-0.05, 0) is 37.5 Å². The minimum Gasteiger partial charge on any atom is -0.326 e. The third-order valence-corrected chi connectivity index (χ3v) is 5.48. The van der Waals surface area contributed by atoms with E-state index in [1.807, 2.05) is 36.9 Å². The van der Waals surface area contributed by atoms with Gasteiger partial charge in [0.15, 0.2) is 0 Å². The van der Waals surface area contributed by atoms with Crippen LogP contribution in [-0.2, 0) is 4.79 Å². The molecule has 0 unspecified atom stereocenters. The highest BCUT2D eigenvalue weighted by molar-refractivity contribution is 7.99. The van der Waals surface area contributed by atoms with Gasteiger partial charge in [0.1, 0.15) is 0 Å². The number of thioether (sulfide) groups is 1. The molecule has 0 bridgehead atoms. The molecule has 0 aromatic heterocycles. The van der Waals surface area contributed by atoms with Crippen molar-refractivity contribution in [2.75, 3.05) is 11.1 Å². The predicted molar refractivity (Wildman–Crippen MR) is 88.8 cm³/mol. The number of rotatable bonds is 5. The molecule has 1 amide bonds. The topological polar surface area (TPSA) is 29.1 Å². The van der Waals surface area contributed by atoms with Crippen LogP contribution in [0.15, 0.2) is 18.2 Å². The summed E-state index contributed by atoms with van der Waals surface area (Å²) in [7, 11) is 0. The molecule has 0 aliphatic heterocycles. The summed E-state index contributed by atoms with van der Waals surface area (Å²) >= 11 is 8.00. The Hall–Kier alpha value is -0.670. The monoisotopic (exact) mass is 311 g/mol. The Morgan fingerprint density at radius 3 is 2.80 bits per heavy atom. The van der Waals surface area contributed by atoms with Gasteiger partial charge in [0.25, 0.3) is 0 Å². The first-order chi connectivity index (χ1) is 9.65. The van der Waals surface area contributed by atoms with E-state index in [4.69, 9.17) is 11.6 Å². The number of amides is 1. The summed E-state index contributed by atoms with van der Waals surface area (Å²) in [5.74, 6) is 0.990. The van der Waals surface area contributed by atoms with Crippen LogP contribution in [0.5, 0.6) is 0 Å². The Kier molecular flexibility index (Phi) is 6.24. The Balaban J connectivity index is 1.70. The first-order valence-electron chi connectivity index (χ1n) is 7.33. The summed E-state index contributed by atoms with van der Waals surface area (Å²) in [6.07, 6.45) is 7.30. The molecule has 1 saturated carbocycles. The quantitative estimate of drug-likeness (QED) is 0.825. The van der Waals surface area contributed by atoms with Crippen molar-refractivity contribution in [3.05, 3.63) is 28.8 Å². The van der Waals surface area contributed by atoms with E-state index in [0.29, 0.717) is 11.4 Å². The van der Waals surface area contributed by atoms with Crippen molar-refractivity contribution in [3.63, 3.8) is 0 Å². The summed E-state index contributed by atoms with van der Waals surface area (Å²) in [6.45, 7) is 1.95. The second-order valence-corrected chi connectivity index (χ2v) is 7.21. The minimum absolute atomic E-state index is 0.0771. The maximum absolute atomic E-state index is 11.9. The van der Waals surface area contributed by atoms with Gasteiger partial charge < -0.3 is 5.32 Å². The standard InChI is InChI=1S/C16H22ClNOS/c1-12-7-8-13(11-15(12)17)18-16(19)9-10-20-14-5-3-2-4-6-14/h7-8,11,14H,2-6,9-10H2,1H3,(H,18,19). The fourth-order valence-corrected chi connectivity index (χ4v) is 3.93. The molecular formula is C16H22ClNOS. The van der Waals surface area contributed by atoms with E-state index in [1.165, 1.54) is 32.1 Å².